The van der Waals surface area contributed by atoms with Gasteiger partial charge >= 0.3 is 0 Å². The molecule has 2 rings (SSSR count). The van der Waals surface area contributed by atoms with E-state index in [1.54, 1.807) is 0 Å². The second kappa shape index (κ2) is 8.67. The lowest BCUT2D eigenvalue weighted by Gasteiger charge is -2.04. The zero-order chi connectivity index (χ0) is 16.5. The number of rotatable bonds is 8. The van der Waals surface area contributed by atoms with E-state index < -0.39 is 0 Å². The molecule has 0 aliphatic carbocycles. The van der Waals surface area contributed by atoms with E-state index in [0.717, 1.165) is 5.56 Å². The van der Waals surface area contributed by atoms with Crippen LogP contribution in [0.3, 0.4) is 0 Å². The first-order valence-electron chi connectivity index (χ1n) is 7.54. The van der Waals surface area contributed by atoms with Crippen LogP contribution in [0.25, 0.3) is 11.4 Å². The average Bonchev–Trinajstić information content (AvgIpc) is 3.01. The molecule has 0 unspecified atom stereocenters. The van der Waals surface area contributed by atoms with Crippen molar-refractivity contribution in [3.05, 3.63) is 36.2 Å². The van der Waals surface area contributed by atoms with Gasteiger partial charge in [0.05, 0.1) is 0 Å². The second-order valence-corrected chi connectivity index (χ2v) is 5.06. The van der Waals surface area contributed by atoms with E-state index in [1.807, 2.05) is 30.3 Å². The highest BCUT2D eigenvalue weighted by molar-refractivity contribution is 5.77. The monoisotopic (exact) mass is 316 g/mol. The first-order chi connectivity index (χ1) is 11.1. The zero-order valence-corrected chi connectivity index (χ0v) is 13.0. The van der Waals surface area contributed by atoms with Crippen LogP contribution in [0.5, 0.6) is 0 Å². The number of nitrogens with one attached hydrogen (secondary N) is 2. The Morgan fingerprint density at radius 3 is 2.65 bits per heavy atom. The molecule has 122 valence electrons. The predicted molar refractivity (Wildman–Crippen MR) is 84.4 cm³/mol. The summed E-state index contributed by atoms with van der Waals surface area (Å²) in [7, 11) is 0. The highest BCUT2D eigenvalue weighted by atomic mass is 16.5. The molecule has 2 aromatic rings. The van der Waals surface area contributed by atoms with Crippen molar-refractivity contribution >= 4 is 11.8 Å². The Bertz CT molecular complexity index is 640. The van der Waals surface area contributed by atoms with Crippen LogP contribution in [0, 0.1) is 0 Å². The molecule has 1 aromatic heterocycles. The van der Waals surface area contributed by atoms with E-state index in [0.29, 0.717) is 37.6 Å². The van der Waals surface area contributed by atoms with Crippen molar-refractivity contribution in [1.29, 1.82) is 0 Å². The van der Waals surface area contributed by atoms with Crippen LogP contribution in [0.1, 0.15) is 25.7 Å². The Balaban J connectivity index is 1.66. The smallest absolute Gasteiger partial charge is 0.227 e. The lowest BCUT2D eigenvalue weighted by atomic mass is 10.2. The van der Waals surface area contributed by atoms with Gasteiger partial charge in [0.1, 0.15) is 0 Å². The normalized spacial score (nSPS) is 10.3. The van der Waals surface area contributed by atoms with Gasteiger partial charge in [-0.3, -0.25) is 9.59 Å². The van der Waals surface area contributed by atoms with Gasteiger partial charge in [0.15, 0.2) is 0 Å². The number of hydrogen-bond donors (Lipinski definition) is 2. The maximum Gasteiger partial charge on any atom is 0.227 e. The van der Waals surface area contributed by atoms with E-state index in [9.17, 15) is 9.59 Å². The lowest BCUT2D eigenvalue weighted by molar-refractivity contribution is -0.121. The molecule has 0 saturated carbocycles. The molecule has 0 aliphatic rings. The number of hydrogen-bond acceptors (Lipinski definition) is 5. The molecule has 0 aliphatic heterocycles. The van der Waals surface area contributed by atoms with Gasteiger partial charge in [-0.15, -0.1) is 0 Å². The van der Waals surface area contributed by atoms with Gasteiger partial charge in [0.25, 0.3) is 0 Å². The number of carbonyl (C=O) groups is 2. The summed E-state index contributed by atoms with van der Waals surface area (Å²) in [5, 5.41) is 9.31. The number of nitrogens with zero attached hydrogens (tertiary/aromatic N) is 2. The minimum Gasteiger partial charge on any atom is -0.356 e. The van der Waals surface area contributed by atoms with Crippen molar-refractivity contribution < 1.29 is 14.1 Å². The van der Waals surface area contributed by atoms with Gasteiger partial charge in [0, 0.05) is 38.4 Å². The third-order valence-electron chi connectivity index (χ3n) is 3.12. The Kier molecular flexibility index (Phi) is 6.28. The molecule has 1 heterocycles. The van der Waals surface area contributed by atoms with Crippen molar-refractivity contribution in [3.8, 4) is 11.4 Å². The molecule has 0 atom stereocenters. The highest BCUT2D eigenvalue weighted by Gasteiger charge is 2.08. The zero-order valence-electron chi connectivity index (χ0n) is 13.0. The summed E-state index contributed by atoms with van der Waals surface area (Å²) in [6, 6.07) is 9.61. The predicted octanol–water partition coefficient (Wildman–Crippen LogP) is 1.31. The van der Waals surface area contributed by atoms with Crippen LogP contribution in [0.15, 0.2) is 34.9 Å². The third kappa shape index (κ3) is 5.90. The molecular weight excluding hydrogens is 296 g/mol. The molecule has 7 heteroatoms. The number of carbonyl (C=O) groups excluding carboxylic acids is 2. The van der Waals surface area contributed by atoms with Crippen LogP contribution in [0.2, 0.25) is 0 Å². The highest BCUT2D eigenvalue weighted by Crippen LogP contribution is 2.15. The van der Waals surface area contributed by atoms with Crippen LogP contribution < -0.4 is 10.6 Å². The summed E-state index contributed by atoms with van der Waals surface area (Å²) in [5.74, 6) is 0.897. The van der Waals surface area contributed by atoms with E-state index >= 15 is 0 Å². The molecule has 0 saturated heterocycles. The Hall–Kier alpha value is -2.70. The van der Waals surface area contributed by atoms with Crippen molar-refractivity contribution in [1.82, 2.24) is 20.8 Å². The average molecular weight is 316 g/mol. The van der Waals surface area contributed by atoms with Crippen molar-refractivity contribution in [2.75, 3.05) is 13.1 Å². The van der Waals surface area contributed by atoms with Crippen LogP contribution in [0.4, 0.5) is 0 Å². The quantitative estimate of drug-likeness (QED) is 0.716. The number of amides is 2. The summed E-state index contributed by atoms with van der Waals surface area (Å²) in [6.07, 6.45) is 1.59. The van der Waals surface area contributed by atoms with Crippen molar-refractivity contribution in [2.45, 2.75) is 26.2 Å². The number of benzene rings is 1. The van der Waals surface area contributed by atoms with Crippen molar-refractivity contribution in [3.63, 3.8) is 0 Å². The van der Waals surface area contributed by atoms with Gasteiger partial charge in [0.2, 0.25) is 23.5 Å². The minimum absolute atomic E-state index is 0.0887. The molecule has 0 spiro atoms. The SMILES string of the molecule is CC(=O)NCCC(=O)NCCCc1nc(-c2ccccc2)no1. The molecule has 0 radical (unpaired) electrons. The Morgan fingerprint density at radius 1 is 1.13 bits per heavy atom. The fourth-order valence-corrected chi connectivity index (χ4v) is 1.97. The third-order valence-corrected chi connectivity index (χ3v) is 3.12. The number of aromatic nitrogens is 2. The minimum atomic E-state index is -0.136. The molecular formula is C16H20N4O3. The van der Waals surface area contributed by atoms with Gasteiger partial charge < -0.3 is 15.2 Å². The fraction of sp³-hybridized carbons (Fsp3) is 0.375. The lowest BCUT2D eigenvalue weighted by Crippen LogP contribution is -2.30. The Morgan fingerprint density at radius 2 is 1.91 bits per heavy atom. The topological polar surface area (TPSA) is 97.1 Å². The van der Waals surface area contributed by atoms with Crippen molar-refractivity contribution in [2.24, 2.45) is 0 Å². The first-order valence-corrected chi connectivity index (χ1v) is 7.54. The largest absolute Gasteiger partial charge is 0.356 e. The maximum atomic E-state index is 11.5. The molecule has 2 amide bonds. The molecule has 0 fully saturated rings. The summed E-state index contributed by atoms with van der Waals surface area (Å²) < 4.78 is 5.20. The summed E-state index contributed by atoms with van der Waals surface area (Å²) in [6.45, 7) is 2.30. The number of aryl methyl sites for hydroxylation is 1. The van der Waals surface area contributed by atoms with Crippen LogP contribution in [-0.4, -0.2) is 35.0 Å². The molecule has 1 aromatic carbocycles. The maximum absolute atomic E-state index is 11.5. The second-order valence-electron chi connectivity index (χ2n) is 5.06. The first kappa shape index (κ1) is 16.7. The van der Waals surface area contributed by atoms with Gasteiger partial charge in [-0.1, -0.05) is 35.5 Å². The van der Waals surface area contributed by atoms with E-state index in [2.05, 4.69) is 20.8 Å². The van der Waals surface area contributed by atoms with Crippen LogP contribution in [-0.2, 0) is 16.0 Å². The van der Waals surface area contributed by atoms with E-state index in [4.69, 9.17) is 4.52 Å². The van der Waals surface area contributed by atoms with Gasteiger partial charge in [-0.25, -0.2) is 0 Å². The molecule has 23 heavy (non-hydrogen) atoms. The molecule has 0 bridgehead atoms. The molecule has 7 nitrogen and oxygen atoms in total. The summed E-state index contributed by atoms with van der Waals surface area (Å²) in [4.78, 5) is 26.5. The summed E-state index contributed by atoms with van der Waals surface area (Å²) >= 11 is 0. The van der Waals surface area contributed by atoms with Gasteiger partial charge in [-0.2, -0.15) is 4.98 Å². The van der Waals surface area contributed by atoms with Gasteiger partial charge in [-0.05, 0) is 6.42 Å². The Labute approximate surface area is 134 Å². The van der Waals surface area contributed by atoms with E-state index in [-0.39, 0.29) is 18.2 Å². The molecule has 2 N–H and O–H groups in total. The van der Waals surface area contributed by atoms with E-state index in [1.165, 1.54) is 6.92 Å². The summed E-state index contributed by atoms with van der Waals surface area (Å²) in [5.41, 5.74) is 0.911. The van der Waals surface area contributed by atoms with Crippen LogP contribution >= 0.6 is 0 Å². The fourth-order valence-electron chi connectivity index (χ4n) is 1.97. The standard InChI is InChI=1S/C16H20N4O3/c1-12(21)17-11-9-14(22)18-10-5-8-15-19-16(20-23-15)13-6-3-2-4-7-13/h2-4,6-7H,5,8-11H2,1H3,(H,17,21)(H,18,22).